The Morgan fingerprint density at radius 2 is 1.60 bits per heavy atom. The number of nitrogens with zero attached hydrogens (tertiary/aromatic N) is 2. The van der Waals surface area contributed by atoms with Crippen LogP contribution >= 0.6 is 11.6 Å². The predicted octanol–water partition coefficient (Wildman–Crippen LogP) is 6.36. The Balaban J connectivity index is 1.62. The molecular formula is C25H16ClN3O. The lowest BCUT2D eigenvalue weighted by Crippen LogP contribution is -2.13. The Labute approximate surface area is 178 Å². The first-order chi connectivity index (χ1) is 14.7. The summed E-state index contributed by atoms with van der Waals surface area (Å²) >= 11 is 6.08. The average Bonchev–Trinajstić information content (AvgIpc) is 2.79. The minimum atomic E-state index is -0.201. The molecule has 1 N–H and O–H groups in total. The van der Waals surface area contributed by atoms with Crippen LogP contribution in [-0.2, 0) is 0 Å². The van der Waals surface area contributed by atoms with Gasteiger partial charge < -0.3 is 5.32 Å². The fourth-order valence-electron chi connectivity index (χ4n) is 3.54. The summed E-state index contributed by atoms with van der Waals surface area (Å²) in [6.45, 7) is 0. The van der Waals surface area contributed by atoms with Gasteiger partial charge in [0.05, 0.1) is 28.0 Å². The van der Waals surface area contributed by atoms with Crippen molar-refractivity contribution in [2.75, 3.05) is 5.32 Å². The lowest BCUT2D eigenvalue weighted by atomic mass is 10.0. The minimum absolute atomic E-state index is 0.201. The fourth-order valence-corrected chi connectivity index (χ4v) is 3.71. The number of hydrogen-bond acceptors (Lipinski definition) is 3. The normalized spacial score (nSPS) is 11.0. The molecule has 0 saturated carbocycles. The van der Waals surface area contributed by atoms with Crippen LogP contribution in [0.1, 0.15) is 10.4 Å². The molecule has 0 radical (unpaired) electrons. The highest BCUT2D eigenvalue weighted by Gasteiger charge is 2.15. The van der Waals surface area contributed by atoms with Gasteiger partial charge in [-0.3, -0.25) is 9.78 Å². The largest absolute Gasteiger partial charge is 0.321 e. The van der Waals surface area contributed by atoms with Gasteiger partial charge in [-0.1, -0.05) is 60.1 Å². The van der Waals surface area contributed by atoms with Crippen molar-refractivity contribution in [3.8, 4) is 11.3 Å². The van der Waals surface area contributed by atoms with Gasteiger partial charge in [0.2, 0.25) is 0 Å². The Kier molecular flexibility index (Phi) is 4.62. The second-order valence-electron chi connectivity index (χ2n) is 6.91. The average molecular weight is 410 g/mol. The summed E-state index contributed by atoms with van der Waals surface area (Å²) in [5.41, 5.74) is 4.47. The number of aromatic nitrogens is 2. The SMILES string of the molecule is O=C(Nc1ccnc2cc(Cl)ccc12)c1cc(-c2ccccc2)nc2ccccc12. The molecule has 0 unspecified atom stereocenters. The van der Waals surface area contributed by atoms with Gasteiger partial charge in [-0.25, -0.2) is 4.98 Å². The van der Waals surface area contributed by atoms with Gasteiger partial charge in [-0.05, 0) is 36.4 Å². The van der Waals surface area contributed by atoms with Crippen LogP contribution in [0.3, 0.4) is 0 Å². The number of nitrogens with one attached hydrogen (secondary N) is 1. The van der Waals surface area contributed by atoms with Gasteiger partial charge in [-0.15, -0.1) is 0 Å². The molecular weight excluding hydrogens is 394 g/mol. The summed E-state index contributed by atoms with van der Waals surface area (Å²) in [6, 6.07) is 26.6. The van der Waals surface area contributed by atoms with Crippen LogP contribution in [-0.4, -0.2) is 15.9 Å². The first kappa shape index (κ1) is 18.3. The van der Waals surface area contributed by atoms with E-state index in [1.165, 1.54) is 0 Å². The second kappa shape index (κ2) is 7.58. The zero-order valence-electron chi connectivity index (χ0n) is 15.8. The molecule has 5 aromatic rings. The Hall–Kier alpha value is -3.76. The third-order valence-corrected chi connectivity index (χ3v) is 5.22. The lowest BCUT2D eigenvalue weighted by Gasteiger charge is -2.12. The topological polar surface area (TPSA) is 54.9 Å². The van der Waals surface area contributed by atoms with E-state index in [2.05, 4.69) is 10.3 Å². The molecule has 0 bridgehead atoms. The molecule has 0 fully saturated rings. The number of carbonyl (C=O) groups is 1. The summed E-state index contributed by atoms with van der Waals surface area (Å²) in [5.74, 6) is -0.201. The van der Waals surface area contributed by atoms with Gasteiger partial charge in [0.1, 0.15) is 0 Å². The highest BCUT2D eigenvalue weighted by atomic mass is 35.5. The molecule has 0 saturated heterocycles. The van der Waals surface area contributed by atoms with Crippen LogP contribution in [0.5, 0.6) is 0 Å². The fraction of sp³-hybridized carbons (Fsp3) is 0. The van der Waals surface area contributed by atoms with Crippen LogP contribution in [0.15, 0.2) is 91.1 Å². The van der Waals surface area contributed by atoms with Gasteiger partial charge in [-0.2, -0.15) is 0 Å². The Morgan fingerprint density at radius 1 is 0.800 bits per heavy atom. The summed E-state index contributed by atoms with van der Waals surface area (Å²) in [7, 11) is 0. The standard InChI is InChI=1S/C25H16ClN3O/c26-17-10-11-19-22(12-13-27-24(19)14-17)29-25(30)20-15-23(16-6-2-1-3-7-16)28-21-9-5-4-8-18(20)21/h1-15H,(H,27,29,30). The number of halogens is 1. The number of para-hydroxylation sites is 1. The Morgan fingerprint density at radius 3 is 2.47 bits per heavy atom. The number of rotatable bonds is 3. The van der Waals surface area contributed by atoms with Crippen LogP contribution in [0, 0.1) is 0 Å². The Bertz CT molecular complexity index is 1400. The maximum Gasteiger partial charge on any atom is 0.256 e. The summed E-state index contributed by atoms with van der Waals surface area (Å²) in [5, 5.41) is 5.28. The summed E-state index contributed by atoms with van der Waals surface area (Å²) < 4.78 is 0. The molecule has 5 heteroatoms. The summed E-state index contributed by atoms with van der Waals surface area (Å²) in [4.78, 5) is 22.4. The molecule has 0 atom stereocenters. The van der Waals surface area contributed by atoms with Gasteiger partial charge in [0.15, 0.2) is 0 Å². The molecule has 3 aromatic carbocycles. The molecule has 4 nitrogen and oxygen atoms in total. The van der Waals surface area contributed by atoms with Crippen molar-refractivity contribution in [3.63, 3.8) is 0 Å². The number of hydrogen-bond donors (Lipinski definition) is 1. The highest BCUT2D eigenvalue weighted by molar-refractivity contribution is 6.31. The maximum absolute atomic E-state index is 13.3. The zero-order valence-corrected chi connectivity index (χ0v) is 16.6. The minimum Gasteiger partial charge on any atom is -0.321 e. The third kappa shape index (κ3) is 3.38. The number of carbonyl (C=O) groups excluding carboxylic acids is 1. The number of pyridine rings is 2. The maximum atomic E-state index is 13.3. The van der Waals surface area contributed by atoms with E-state index in [0.717, 1.165) is 33.1 Å². The predicted molar refractivity (Wildman–Crippen MR) is 122 cm³/mol. The van der Waals surface area contributed by atoms with Crippen molar-refractivity contribution in [3.05, 3.63) is 102 Å². The molecule has 144 valence electrons. The lowest BCUT2D eigenvalue weighted by molar-refractivity contribution is 0.102. The second-order valence-corrected chi connectivity index (χ2v) is 7.35. The van der Waals surface area contributed by atoms with Crippen molar-refractivity contribution in [2.45, 2.75) is 0 Å². The molecule has 1 amide bonds. The molecule has 0 aliphatic heterocycles. The van der Waals surface area contributed by atoms with Crippen molar-refractivity contribution in [2.24, 2.45) is 0 Å². The van der Waals surface area contributed by atoms with E-state index in [1.54, 1.807) is 24.4 Å². The van der Waals surface area contributed by atoms with Crippen LogP contribution in [0.25, 0.3) is 33.1 Å². The van der Waals surface area contributed by atoms with Crippen molar-refractivity contribution >= 4 is 45.0 Å². The van der Waals surface area contributed by atoms with Gasteiger partial charge in [0, 0.05) is 27.6 Å². The number of benzene rings is 3. The van der Waals surface area contributed by atoms with Crippen molar-refractivity contribution in [1.82, 2.24) is 9.97 Å². The van der Waals surface area contributed by atoms with E-state index in [1.807, 2.05) is 66.7 Å². The van der Waals surface area contributed by atoms with E-state index in [4.69, 9.17) is 16.6 Å². The molecule has 5 rings (SSSR count). The van der Waals surface area contributed by atoms with E-state index >= 15 is 0 Å². The van der Waals surface area contributed by atoms with E-state index in [0.29, 0.717) is 16.3 Å². The molecule has 2 heterocycles. The zero-order chi connectivity index (χ0) is 20.5. The first-order valence-electron chi connectivity index (χ1n) is 9.50. The smallest absolute Gasteiger partial charge is 0.256 e. The molecule has 0 spiro atoms. The van der Waals surface area contributed by atoms with Crippen molar-refractivity contribution < 1.29 is 4.79 Å². The monoisotopic (exact) mass is 409 g/mol. The van der Waals surface area contributed by atoms with Crippen LogP contribution in [0.4, 0.5) is 5.69 Å². The quantitative estimate of drug-likeness (QED) is 0.377. The van der Waals surface area contributed by atoms with E-state index < -0.39 is 0 Å². The van der Waals surface area contributed by atoms with Crippen molar-refractivity contribution in [1.29, 1.82) is 0 Å². The number of anilines is 1. The van der Waals surface area contributed by atoms with E-state index in [-0.39, 0.29) is 5.91 Å². The summed E-state index contributed by atoms with van der Waals surface area (Å²) in [6.07, 6.45) is 1.66. The van der Waals surface area contributed by atoms with Crippen LogP contribution < -0.4 is 5.32 Å². The van der Waals surface area contributed by atoms with Gasteiger partial charge >= 0.3 is 0 Å². The molecule has 0 aliphatic rings. The highest BCUT2D eigenvalue weighted by Crippen LogP contribution is 2.28. The number of amides is 1. The molecule has 30 heavy (non-hydrogen) atoms. The van der Waals surface area contributed by atoms with Crippen LogP contribution in [0.2, 0.25) is 5.02 Å². The molecule has 0 aliphatic carbocycles. The van der Waals surface area contributed by atoms with Gasteiger partial charge in [0.25, 0.3) is 5.91 Å². The van der Waals surface area contributed by atoms with E-state index in [9.17, 15) is 4.79 Å². The molecule has 2 aromatic heterocycles. The first-order valence-corrected chi connectivity index (χ1v) is 9.88. The number of fused-ring (bicyclic) bond motifs is 2. The third-order valence-electron chi connectivity index (χ3n) is 4.98.